The first kappa shape index (κ1) is 27.3. The molecule has 1 aliphatic rings. The Labute approximate surface area is 215 Å². The Balaban J connectivity index is 1.71. The molecule has 1 aromatic carbocycles. The van der Waals surface area contributed by atoms with E-state index in [0.29, 0.717) is 35.5 Å². The number of allylic oxidation sites excluding steroid dienone is 1. The van der Waals surface area contributed by atoms with Crippen LogP contribution in [0.5, 0.6) is 0 Å². The van der Waals surface area contributed by atoms with Crippen LogP contribution in [0.4, 0.5) is 11.5 Å². The van der Waals surface area contributed by atoms with Crippen molar-refractivity contribution in [1.82, 2.24) is 9.97 Å². The van der Waals surface area contributed by atoms with Crippen LogP contribution >= 0.6 is 0 Å². The Kier molecular flexibility index (Phi) is 9.60. The minimum Gasteiger partial charge on any atom is -0.384 e. The van der Waals surface area contributed by atoms with E-state index in [4.69, 9.17) is 0 Å². The van der Waals surface area contributed by atoms with Crippen molar-refractivity contribution in [2.24, 2.45) is 11.8 Å². The van der Waals surface area contributed by atoms with Gasteiger partial charge in [-0.3, -0.25) is 14.7 Å². The molecule has 2 aromatic rings. The van der Waals surface area contributed by atoms with E-state index in [1.807, 2.05) is 18.2 Å². The van der Waals surface area contributed by atoms with Gasteiger partial charge in [0.05, 0.1) is 29.7 Å². The molecule has 2 atom stereocenters. The fourth-order valence-corrected chi connectivity index (χ4v) is 4.86. The topological polar surface area (TPSA) is 93.3 Å². The van der Waals surface area contributed by atoms with Gasteiger partial charge in [-0.15, -0.1) is 0 Å². The van der Waals surface area contributed by atoms with E-state index in [2.05, 4.69) is 47.1 Å². The molecule has 1 fully saturated rings. The maximum absolute atomic E-state index is 11.9. The number of benzene rings is 1. The summed E-state index contributed by atoms with van der Waals surface area (Å²) in [4.78, 5) is 24.5. The largest absolute Gasteiger partial charge is 0.384 e. The highest BCUT2D eigenvalue weighted by Crippen LogP contribution is 2.33. The van der Waals surface area contributed by atoms with Crippen LogP contribution in [0.1, 0.15) is 76.1 Å². The van der Waals surface area contributed by atoms with Crippen LogP contribution in [0.3, 0.4) is 0 Å². The molecule has 1 saturated carbocycles. The zero-order valence-corrected chi connectivity index (χ0v) is 22.0. The van der Waals surface area contributed by atoms with Gasteiger partial charge in [-0.1, -0.05) is 31.9 Å². The lowest BCUT2D eigenvalue weighted by Crippen LogP contribution is -2.35. The van der Waals surface area contributed by atoms with Gasteiger partial charge < -0.3 is 10.0 Å². The average molecular weight is 490 g/mol. The zero-order valence-electron chi connectivity index (χ0n) is 22.0. The molecular weight excluding hydrogens is 450 g/mol. The quantitative estimate of drug-likeness (QED) is 0.421. The molecule has 7 heteroatoms. The second-order valence-corrected chi connectivity index (χ2v) is 10.4. The number of aliphatic hydroxyl groups is 1. The summed E-state index contributed by atoms with van der Waals surface area (Å²) < 4.78 is 0. The van der Waals surface area contributed by atoms with Gasteiger partial charge in [0.2, 0.25) is 6.41 Å². The third-order valence-electron chi connectivity index (χ3n) is 6.88. The maximum atomic E-state index is 11.9. The Morgan fingerprint density at radius 3 is 2.47 bits per heavy atom. The Hall–Kier alpha value is -3.24. The third kappa shape index (κ3) is 7.38. The summed E-state index contributed by atoms with van der Waals surface area (Å²) >= 11 is 0. The molecular formula is C29H39N5O2. The molecule has 0 saturated heterocycles. The third-order valence-corrected chi connectivity index (χ3v) is 6.88. The van der Waals surface area contributed by atoms with Crippen molar-refractivity contribution in [3.05, 3.63) is 59.7 Å². The fourth-order valence-electron chi connectivity index (χ4n) is 4.86. The van der Waals surface area contributed by atoms with E-state index in [9.17, 15) is 15.2 Å². The van der Waals surface area contributed by atoms with Crippen LogP contribution < -0.4 is 9.80 Å². The zero-order chi connectivity index (χ0) is 26.1. The van der Waals surface area contributed by atoms with Crippen LogP contribution in [-0.2, 0) is 10.4 Å². The minimum absolute atomic E-state index is 0.373. The van der Waals surface area contributed by atoms with Gasteiger partial charge in [0.25, 0.3) is 0 Å². The van der Waals surface area contributed by atoms with Crippen molar-refractivity contribution in [3.8, 4) is 6.07 Å². The van der Waals surface area contributed by atoms with E-state index < -0.39 is 5.60 Å². The standard InChI is InChI=1S/C29H39N5O2/c1-5-6-7-13-33(26-15-23(16-30)12-11-22(26)2)19-24-9-8-10-25(14-24)20-34(21-35)28-18-31-27(17-32-28)29(3,4)36/h7,11-13,15,17-18,21,24-25,36H,5-6,8-10,14,19-20H2,1-4H3/b13-7+. The SMILES string of the molecule is CCC/C=C/N(CC1CCCC(CN(C=O)c2cnc(C(C)(C)O)cn2)C1)c1cc(C#N)ccc1C. The molecule has 1 amide bonds. The summed E-state index contributed by atoms with van der Waals surface area (Å²) in [7, 11) is 0. The second kappa shape index (κ2) is 12.6. The molecule has 0 aliphatic heterocycles. The van der Waals surface area contributed by atoms with Crippen molar-refractivity contribution in [2.75, 3.05) is 22.9 Å². The summed E-state index contributed by atoms with van der Waals surface area (Å²) in [6.07, 6.45) is 14.8. The molecule has 1 N–H and O–H groups in total. The first-order chi connectivity index (χ1) is 17.2. The lowest BCUT2D eigenvalue weighted by Gasteiger charge is -2.35. The number of aromatic nitrogens is 2. The molecule has 2 unspecified atom stereocenters. The van der Waals surface area contributed by atoms with E-state index in [-0.39, 0.29) is 0 Å². The van der Waals surface area contributed by atoms with Gasteiger partial charge in [-0.25, -0.2) is 4.98 Å². The number of nitriles is 1. The van der Waals surface area contributed by atoms with Gasteiger partial charge in [0, 0.05) is 25.0 Å². The van der Waals surface area contributed by atoms with Gasteiger partial charge in [-0.2, -0.15) is 5.26 Å². The molecule has 3 rings (SSSR count). The van der Waals surface area contributed by atoms with Crippen molar-refractivity contribution in [2.45, 2.75) is 71.8 Å². The Morgan fingerprint density at radius 2 is 1.89 bits per heavy atom. The molecule has 1 heterocycles. The van der Waals surface area contributed by atoms with Gasteiger partial charge in [0.1, 0.15) is 5.60 Å². The summed E-state index contributed by atoms with van der Waals surface area (Å²) in [5, 5.41) is 19.5. The van der Waals surface area contributed by atoms with Crippen LogP contribution in [0.15, 0.2) is 42.9 Å². The number of carbonyl (C=O) groups is 1. The number of rotatable bonds is 11. The normalized spacial score (nSPS) is 18.1. The highest BCUT2D eigenvalue weighted by atomic mass is 16.3. The first-order valence-corrected chi connectivity index (χ1v) is 13.0. The number of unbranched alkanes of at least 4 members (excludes halogenated alkanes) is 1. The van der Waals surface area contributed by atoms with Crippen LogP contribution in [0, 0.1) is 30.1 Å². The number of aryl methyl sites for hydroxylation is 1. The van der Waals surface area contributed by atoms with Gasteiger partial charge in [-0.05, 0) is 76.0 Å². The van der Waals surface area contributed by atoms with Crippen LogP contribution in [-0.4, -0.2) is 34.6 Å². The fraction of sp³-hybridized carbons (Fsp3) is 0.517. The lowest BCUT2D eigenvalue weighted by molar-refractivity contribution is -0.107. The molecule has 7 nitrogen and oxygen atoms in total. The highest BCUT2D eigenvalue weighted by Gasteiger charge is 2.26. The van der Waals surface area contributed by atoms with Gasteiger partial charge >= 0.3 is 0 Å². The van der Waals surface area contributed by atoms with Crippen LogP contribution in [0.2, 0.25) is 0 Å². The van der Waals surface area contributed by atoms with E-state index >= 15 is 0 Å². The second-order valence-electron chi connectivity index (χ2n) is 10.4. The average Bonchev–Trinajstić information content (AvgIpc) is 2.87. The summed E-state index contributed by atoms with van der Waals surface area (Å²) in [6, 6.07) is 8.14. The molecule has 0 spiro atoms. The smallest absolute Gasteiger partial charge is 0.215 e. The first-order valence-electron chi connectivity index (χ1n) is 13.0. The lowest BCUT2D eigenvalue weighted by atomic mass is 9.80. The Morgan fingerprint density at radius 1 is 1.17 bits per heavy atom. The molecule has 192 valence electrons. The summed E-state index contributed by atoms with van der Waals surface area (Å²) in [5.41, 5.74) is 2.31. The number of anilines is 2. The molecule has 1 aliphatic carbocycles. The van der Waals surface area contributed by atoms with Crippen molar-refractivity contribution < 1.29 is 9.90 Å². The molecule has 0 radical (unpaired) electrons. The Bertz CT molecular complexity index is 1070. The number of hydrogen-bond donors (Lipinski definition) is 1. The number of carbonyl (C=O) groups excluding carboxylic acids is 1. The highest BCUT2D eigenvalue weighted by molar-refractivity contribution is 5.72. The van der Waals surface area contributed by atoms with Gasteiger partial charge in [0.15, 0.2) is 5.82 Å². The predicted octanol–water partition coefficient (Wildman–Crippen LogP) is 5.47. The van der Waals surface area contributed by atoms with Crippen molar-refractivity contribution in [3.63, 3.8) is 0 Å². The maximum Gasteiger partial charge on any atom is 0.215 e. The van der Waals surface area contributed by atoms with E-state index in [0.717, 1.165) is 62.7 Å². The number of amides is 1. The molecule has 0 bridgehead atoms. The monoisotopic (exact) mass is 489 g/mol. The van der Waals surface area contributed by atoms with Crippen molar-refractivity contribution in [1.29, 1.82) is 5.26 Å². The number of hydrogen-bond acceptors (Lipinski definition) is 6. The number of nitrogens with zero attached hydrogens (tertiary/aromatic N) is 5. The minimum atomic E-state index is -1.07. The van der Waals surface area contributed by atoms with Crippen LogP contribution in [0.25, 0.3) is 0 Å². The van der Waals surface area contributed by atoms with E-state index in [1.54, 1.807) is 24.9 Å². The predicted molar refractivity (Wildman–Crippen MR) is 143 cm³/mol. The molecule has 1 aromatic heterocycles. The summed E-state index contributed by atoms with van der Waals surface area (Å²) in [6.45, 7) is 9.07. The summed E-state index contributed by atoms with van der Waals surface area (Å²) in [5.74, 6) is 1.36. The van der Waals surface area contributed by atoms with Crippen molar-refractivity contribution >= 4 is 17.9 Å². The molecule has 36 heavy (non-hydrogen) atoms. The van der Waals surface area contributed by atoms with E-state index in [1.165, 1.54) is 6.20 Å².